The summed E-state index contributed by atoms with van der Waals surface area (Å²) >= 11 is 0. The third-order valence-electron chi connectivity index (χ3n) is 11.5. The predicted octanol–water partition coefficient (Wildman–Crippen LogP) is 6.43. The standard InChI is InChI=1S/C35H47FN4O6/c1-3-35(4-2)40-28-15-14-25(18-24(28)19-29(40)33(43)46-35)37-31(41)30-26(21-8-6-5-7-9-21)16-17-39(30)32(42)23-12-10-22(11-13-23)27(20-36)38-34(44)45/h14-15,18-19,21-23,26-27,30,38H,3-13,16-17,20H2,1-2H3,(H,37,41)(H,44,45)/t22-,23-,26-,27+,30-/m0/s1. The van der Waals surface area contributed by atoms with Gasteiger partial charge >= 0.3 is 12.1 Å². The zero-order valence-corrected chi connectivity index (χ0v) is 26.9. The van der Waals surface area contributed by atoms with Crippen LogP contribution in [-0.4, -0.2) is 63.8 Å². The van der Waals surface area contributed by atoms with Crippen LogP contribution in [0.15, 0.2) is 24.3 Å². The lowest BCUT2D eigenvalue weighted by atomic mass is 9.76. The molecule has 0 bridgehead atoms. The van der Waals surface area contributed by atoms with Crippen LogP contribution in [0.25, 0.3) is 10.9 Å². The van der Waals surface area contributed by atoms with E-state index in [0.29, 0.717) is 62.4 Å². The zero-order chi connectivity index (χ0) is 32.6. The molecule has 2 aliphatic heterocycles. The maximum atomic E-state index is 14.2. The third kappa shape index (κ3) is 5.86. The molecule has 0 spiro atoms. The number of benzene rings is 1. The fraction of sp³-hybridized carbons (Fsp3) is 0.657. The molecule has 46 heavy (non-hydrogen) atoms. The number of carbonyl (C=O) groups excluding carboxylic acids is 3. The Labute approximate surface area is 269 Å². The monoisotopic (exact) mass is 638 g/mol. The molecule has 1 aromatic carbocycles. The Kier molecular flexibility index (Phi) is 9.30. The summed E-state index contributed by atoms with van der Waals surface area (Å²) in [6, 6.07) is 6.17. The van der Waals surface area contributed by atoms with E-state index in [-0.39, 0.29) is 35.5 Å². The number of hydrogen-bond donors (Lipinski definition) is 3. The Morgan fingerprint density at radius 3 is 2.39 bits per heavy atom. The third-order valence-corrected chi connectivity index (χ3v) is 11.5. The highest BCUT2D eigenvalue weighted by atomic mass is 19.1. The van der Waals surface area contributed by atoms with Crippen molar-refractivity contribution in [3.63, 3.8) is 0 Å². The molecule has 2 saturated carbocycles. The van der Waals surface area contributed by atoms with Gasteiger partial charge in [0.1, 0.15) is 18.4 Å². The van der Waals surface area contributed by atoms with Crippen LogP contribution in [0.3, 0.4) is 0 Å². The Bertz CT molecular complexity index is 1470. The quantitative estimate of drug-likeness (QED) is 0.272. The number of rotatable bonds is 9. The number of anilines is 1. The first kappa shape index (κ1) is 32.3. The number of carbonyl (C=O) groups is 4. The van der Waals surface area contributed by atoms with Gasteiger partial charge in [-0.25, -0.2) is 14.0 Å². The number of hydrogen-bond acceptors (Lipinski definition) is 5. The lowest BCUT2D eigenvalue weighted by Gasteiger charge is -2.37. The number of nitrogens with zero attached hydrogens (tertiary/aromatic N) is 2. The van der Waals surface area contributed by atoms with Crippen molar-refractivity contribution >= 4 is 40.5 Å². The van der Waals surface area contributed by atoms with E-state index in [1.54, 1.807) is 4.90 Å². The average molecular weight is 639 g/mol. The Hall–Kier alpha value is -3.63. The summed E-state index contributed by atoms with van der Waals surface area (Å²) in [6.07, 6.45) is 8.70. The molecule has 0 radical (unpaired) electrons. The van der Waals surface area contributed by atoms with E-state index in [1.165, 1.54) is 6.42 Å². The molecule has 3 atom stereocenters. The van der Waals surface area contributed by atoms with Crippen molar-refractivity contribution in [2.24, 2.45) is 23.7 Å². The van der Waals surface area contributed by atoms with Crippen molar-refractivity contribution in [2.75, 3.05) is 18.5 Å². The molecule has 3 fully saturated rings. The van der Waals surface area contributed by atoms with E-state index < -0.39 is 30.6 Å². The van der Waals surface area contributed by atoms with E-state index >= 15 is 0 Å². The van der Waals surface area contributed by atoms with Crippen molar-refractivity contribution < 1.29 is 33.4 Å². The predicted molar refractivity (Wildman–Crippen MR) is 171 cm³/mol. The van der Waals surface area contributed by atoms with Gasteiger partial charge in [0.25, 0.3) is 0 Å². The number of halogens is 1. The second kappa shape index (κ2) is 13.2. The Balaban J connectivity index is 1.21. The highest BCUT2D eigenvalue weighted by molar-refractivity contribution is 6.02. The molecule has 2 aliphatic carbocycles. The molecule has 10 nitrogen and oxygen atoms in total. The second-order valence-electron chi connectivity index (χ2n) is 13.8. The summed E-state index contributed by atoms with van der Waals surface area (Å²) in [5, 5.41) is 15.4. The molecule has 3 heterocycles. The highest BCUT2D eigenvalue weighted by Crippen LogP contribution is 2.43. The lowest BCUT2D eigenvalue weighted by Crippen LogP contribution is -2.50. The number of carboxylic acid groups (broad SMARTS) is 1. The number of likely N-dealkylation sites (tertiary alicyclic amines) is 1. The van der Waals surface area contributed by atoms with Gasteiger partial charge in [-0.15, -0.1) is 0 Å². The summed E-state index contributed by atoms with van der Waals surface area (Å²) in [7, 11) is 0. The van der Waals surface area contributed by atoms with Crippen LogP contribution in [0.4, 0.5) is 14.9 Å². The number of nitrogens with one attached hydrogen (secondary N) is 2. The molecule has 1 saturated heterocycles. The molecule has 0 unspecified atom stereocenters. The highest BCUT2D eigenvalue weighted by Gasteiger charge is 2.47. The second-order valence-corrected chi connectivity index (χ2v) is 13.8. The van der Waals surface area contributed by atoms with Gasteiger partial charge in [-0.1, -0.05) is 46.0 Å². The van der Waals surface area contributed by atoms with Crippen LogP contribution in [0.1, 0.15) is 101 Å². The van der Waals surface area contributed by atoms with E-state index in [0.717, 1.165) is 43.0 Å². The number of ether oxygens (including phenoxy) is 1. The van der Waals surface area contributed by atoms with Crippen molar-refractivity contribution in [1.29, 1.82) is 0 Å². The fourth-order valence-electron chi connectivity index (χ4n) is 8.98. The van der Waals surface area contributed by atoms with Crippen molar-refractivity contribution in [1.82, 2.24) is 14.8 Å². The van der Waals surface area contributed by atoms with E-state index in [1.807, 2.05) is 42.7 Å². The molecule has 11 heteroatoms. The van der Waals surface area contributed by atoms with Gasteiger partial charge in [-0.3, -0.25) is 14.2 Å². The number of cyclic esters (lactones) is 1. The van der Waals surface area contributed by atoms with E-state index in [9.17, 15) is 23.6 Å². The Morgan fingerprint density at radius 2 is 1.74 bits per heavy atom. The normalized spacial score (nSPS) is 26.8. The topological polar surface area (TPSA) is 130 Å². The summed E-state index contributed by atoms with van der Waals surface area (Å²) in [6.45, 7) is 3.78. The minimum atomic E-state index is -1.24. The van der Waals surface area contributed by atoms with Crippen molar-refractivity contribution in [3.05, 3.63) is 30.0 Å². The number of esters is 1. The zero-order valence-electron chi connectivity index (χ0n) is 26.9. The molecule has 2 aromatic rings. The van der Waals surface area contributed by atoms with Gasteiger partial charge in [0.05, 0.1) is 11.6 Å². The first-order chi connectivity index (χ1) is 22.2. The first-order valence-electron chi connectivity index (χ1n) is 17.3. The number of aromatic nitrogens is 1. The maximum absolute atomic E-state index is 14.2. The van der Waals surface area contributed by atoms with Crippen molar-refractivity contribution in [3.8, 4) is 0 Å². The number of amides is 3. The van der Waals surface area contributed by atoms with Crippen LogP contribution in [0.2, 0.25) is 0 Å². The lowest BCUT2D eigenvalue weighted by molar-refractivity contribution is -0.142. The summed E-state index contributed by atoms with van der Waals surface area (Å²) in [5.74, 6) is -0.474. The molecular formula is C35H47FN4O6. The summed E-state index contributed by atoms with van der Waals surface area (Å²) in [4.78, 5) is 53.9. The molecule has 3 N–H and O–H groups in total. The average Bonchev–Trinajstić information content (AvgIpc) is 3.76. The minimum Gasteiger partial charge on any atom is -0.465 e. The summed E-state index contributed by atoms with van der Waals surface area (Å²) < 4.78 is 21.4. The number of alkyl halides is 1. The Morgan fingerprint density at radius 1 is 1.02 bits per heavy atom. The molecule has 3 amide bonds. The van der Waals surface area contributed by atoms with Gasteiger partial charge in [0, 0.05) is 36.4 Å². The first-order valence-corrected chi connectivity index (χ1v) is 17.3. The van der Waals surface area contributed by atoms with Crippen LogP contribution in [-0.2, 0) is 20.1 Å². The van der Waals surface area contributed by atoms with Crippen LogP contribution in [0, 0.1) is 23.7 Å². The van der Waals surface area contributed by atoms with Gasteiger partial charge in [0.2, 0.25) is 11.8 Å². The van der Waals surface area contributed by atoms with Gasteiger partial charge < -0.3 is 25.4 Å². The van der Waals surface area contributed by atoms with Crippen LogP contribution >= 0.6 is 0 Å². The van der Waals surface area contributed by atoms with Crippen LogP contribution < -0.4 is 10.6 Å². The maximum Gasteiger partial charge on any atom is 0.404 e. The molecule has 1 aromatic heterocycles. The van der Waals surface area contributed by atoms with Gasteiger partial charge in [-0.2, -0.15) is 0 Å². The van der Waals surface area contributed by atoms with Crippen LogP contribution in [0.5, 0.6) is 0 Å². The van der Waals surface area contributed by atoms with E-state index in [2.05, 4.69) is 10.6 Å². The number of fused-ring (bicyclic) bond motifs is 3. The van der Waals surface area contributed by atoms with E-state index in [4.69, 9.17) is 9.84 Å². The van der Waals surface area contributed by atoms with Gasteiger partial charge in [0.15, 0.2) is 5.72 Å². The minimum absolute atomic E-state index is 0.0202. The molecular weight excluding hydrogens is 591 g/mol. The molecule has 250 valence electrons. The van der Waals surface area contributed by atoms with Gasteiger partial charge in [-0.05, 0) is 74.1 Å². The fourth-order valence-corrected chi connectivity index (χ4v) is 8.98. The van der Waals surface area contributed by atoms with Crippen molar-refractivity contribution in [2.45, 2.75) is 109 Å². The molecule has 6 rings (SSSR count). The largest absolute Gasteiger partial charge is 0.465 e. The molecule has 4 aliphatic rings. The SMILES string of the molecule is CCC1(CC)OC(=O)c2cc3cc(NC(=O)[C@@H]4[C@H](C5CCCCC5)CCN4C(=O)[C@H]4CC[C@H]([C@@H](CF)NC(=O)O)CC4)ccc3n21. The summed E-state index contributed by atoms with van der Waals surface area (Å²) in [5.41, 5.74) is 1.30. The smallest absolute Gasteiger partial charge is 0.404 e.